The molecule has 4 nitrogen and oxygen atoms in total. The molecule has 0 aliphatic rings. The normalized spacial score (nSPS) is 10.2. The molecule has 0 unspecified atom stereocenters. The summed E-state index contributed by atoms with van der Waals surface area (Å²) in [6.45, 7) is 2.51. The summed E-state index contributed by atoms with van der Waals surface area (Å²) in [6.07, 6.45) is 0. The van der Waals surface area contributed by atoms with Crippen LogP contribution in [0.1, 0.15) is 11.1 Å². The van der Waals surface area contributed by atoms with Crippen molar-refractivity contribution in [1.82, 2.24) is 0 Å². The van der Waals surface area contributed by atoms with E-state index >= 15 is 0 Å². The molecule has 0 spiro atoms. The van der Waals surface area contributed by atoms with E-state index in [-0.39, 0.29) is 0 Å². The Morgan fingerprint density at radius 3 is 2.40 bits per heavy atom. The molecule has 0 fully saturated rings. The molecule has 0 aliphatic carbocycles. The smallest absolute Gasteiger partial charge is 0.161 e. The van der Waals surface area contributed by atoms with Crippen molar-refractivity contribution in [3.8, 4) is 17.2 Å². The van der Waals surface area contributed by atoms with Gasteiger partial charge in [-0.1, -0.05) is 12.1 Å². The Kier molecular flexibility index (Phi) is 4.35. The molecule has 2 N–H and O–H groups in total. The number of anilines is 1. The third kappa shape index (κ3) is 3.15. The van der Waals surface area contributed by atoms with Crippen molar-refractivity contribution in [3.63, 3.8) is 0 Å². The number of hydrogen-bond acceptors (Lipinski definition) is 4. The topological polar surface area (TPSA) is 50.7 Å². The predicted molar refractivity (Wildman–Crippen MR) is 79.7 cm³/mol. The monoisotopic (exact) mass is 273 g/mol. The highest BCUT2D eigenvalue weighted by Crippen LogP contribution is 2.28. The van der Waals surface area contributed by atoms with Crippen molar-refractivity contribution in [1.29, 1.82) is 0 Å². The van der Waals surface area contributed by atoms with Crippen LogP contribution < -0.4 is 14.8 Å². The van der Waals surface area contributed by atoms with Crippen LogP contribution in [0.25, 0.3) is 0 Å². The highest BCUT2D eigenvalue weighted by Gasteiger charge is 2.05. The summed E-state index contributed by atoms with van der Waals surface area (Å²) in [5, 5.41) is 12.9. The number of hydrogen-bond donors (Lipinski definition) is 2. The number of ether oxygens (including phenoxy) is 2. The minimum absolute atomic E-state index is 0.294. The van der Waals surface area contributed by atoms with Crippen LogP contribution in [0.15, 0.2) is 36.4 Å². The molecule has 20 heavy (non-hydrogen) atoms. The lowest BCUT2D eigenvalue weighted by molar-refractivity contribution is 0.354. The first kappa shape index (κ1) is 14.1. The maximum atomic E-state index is 9.67. The average molecular weight is 273 g/mol. The third-order valence-electron chi connectivity index (χ3n) is 3.15. The van der Waals surface area contributed by atoms with Gasteiger partial charge in [0.15, 0.2) is 11.5 Å². The Balaban J connectivity index is 2.08. The number of methoxy groups -OCH3 is 2. The van der Waals surface area contributed by atoms with Crippen molar-refractivity contribution in [3.05, 3.63) is 47.5 Å². The van der Waals surface area contributed by atoms with E-state index in [1.54, 1.807) is 20.3 Å². The number of phenols is 1. The molecular formula is C16H19NO3. The van der Waals surface area contributed by atoms with Crippen molar-refractivity contribution < 1.29 is 14.6 Å². The first-order valence-corrected chi connectivity index (χ1v) is 6.38. The molecule has 2 aromatic rings. The lowest BCUT2D eigenvalue weighted by atomic mass is 10.1. The minimum atomic E-state index is 0.294. The third-order valence-corrected chi connectivity index (χ3v) is 3.15. The van der Waals surface area contributed by atoms with Crippen molar-refractivity contribution in [2.24, 2.45) is 0 Å². The quantitative estimate of drug-likeness (QED) is 0.877. The van der Waals surface area contributed by atoms with E-state index in [1.807, 2.05) is 37.3 Å². The second-order valence-corrected chi connectivity index (χ2v) is 4.54. The van der Waals surface area contributed by atoms with E-state index in [0.29, 0.717) is 23.8 Å². The Morgan fingerprint density at radius 2 is 1.75 bits per heavy atom. The van der Waals surface area contributed by atoms with Gasteiger partial charge in [-0.25, -0.2) is 0 Å². The molecule has 0 amide bonds. The van der Waals surface area contributed by atoms with Crippen LogP contribution in [-0.2, 0) is 6.54 Å². The molecule has 0 aromatic heterocycles. The van der Waals surface area contributed by atoms with Gasteiger partial charge in [0.05, 0.1) is 14.2 Å². The molecule has 4 heteroatoms. The molecule has 0 heterocycles. The van der Waals surface area contributed by atoms with Gasteiger partial charge in [-0.2, -0.15) is 0 Å². The maximum absolute atomic E-state index is 9.67. The van der Waals surface area contributed by atoms with E-state index in [0.717, 1.165) is 16.8 Å². The fourth-order valence-corrected chi connectivity index (χ4v) is 1.91. The second kappa shape index (κ2) is 6.19. The second-order valence-electron chi connectivity index (χ2n) is 4.54. The van der Waals surface area contributed by atoms with Gasteiger partial charge in [-0.05, 0) is 36.2 Å². The number of aryl methyl sites for hydroxylation is 1. The SMILES string of the molecule is COc1ccc(CNc2ccc(C)c(O)c2)cc1OC. The first-order valence-electron chi connectivity index (χ1n) is 6.38. The molecule has 0 atom stereocenters. The van der Waals surface area contributed by atoms with Crippen LogP contribution in [0, 0.1) is 6.92 Å². The van der Waals surface area contributed by atoms with E-state index in [9.17, 15) is 5.11 Å². The largest absolute Gasteiger partial charge is 0.508 e. The predicted octanol–water partition coefficient (Wildman–Crippen LogP) is 3.33. The standard InChI is InChI=1S/C16H19NO3/c1-11-4-6-13(9-14(11)18)17-10-12-5-7-15(19-2)16(8-12)20-3/h4-9,17-18H,10H2,1-3H3. The van der Waals surface area contributed by atoms with Gasteiger partial charge in [0.25, 0.3) is 0 Å². The number of rotatable bonds is 5. The molecule has 0 aliphatic heterocycles. The van der Waals surface area contributed by atoms with Gasteiger partial charge in [-0.15, -0.1) is 0 Å². The van der Waals surface area contributed by atoms with Crippen LogP contribution >= 0.6 is 0 Å². The molecule has 0 radical (unpaired) electrons. The van der Waals surface area contributed by atoms with Crippen LogP contribution in [0.5, 0.6) is 17.2 Å². The average Bonchev–Trinajstić information content (AvgIpc) is 2.48. The summed E-state index contributed by atoms with van der Waals surface area (Å²) in [5.74, 6) is 1.71. The zero-order valence-corrected chi connectivity index (χ0v) is 11.9. The zero-order chi connectivity index (χ0) is 14.5. The highest BCUT2D eigenvalue weighted by atomic mass is 16.5. The lowest BCUT2D eigenvalue weighted by Crippen LogP contribution is -2.00. The van der Waals surface area contributed by atoms with Crippen molar-refractivity contribution >= 4 is 5.69 Å². The number of benzene rings is 2. The minimum Gasteiger partial charge on any atom is -0.508 e. The van der Waals surface area contributed by atoms with Crippen LogP contribution in [0.3, 0.4) is 0 Å². The summed E-state index contributed by atoms with van der Waals surface area (Å²) in [5.41, 5.74) is 2.81. The maximum Gasteiger partial charge on any atom is 0.161 e. The summed E-state index contributed by atoms with van der Waals surface area (Å²) in [7, 11) is 3.23. The van der Waals surface area contributed by atoms with Crippen LogP contribution in [0.4, 0.5) is 5.69 Å². The Labute approximate surface area is 119 Å². The van der Waals surface area contributed by atoms with Crippen LogP contribution in [-0.4, -0.2) is 19.3 Å². The molecule has 2 rings (SSSR count). The molecule has 2 aromatic carbocycles. The van der Waals surface area contributed by atoms with Gasteiger partial charge < -0.3 is 19.9 Å². The van der Waals surface area contributed by atoms with Crippen molar-refractivity contribution in [2.45, 2.75) is 13.5 Å². The fraction of sp³-hybridized carbons (Fsp3) is 0.250. The summed E-state index contributed by atoms with van der Waals surface area (Å²) in [6, 6.07) is 11.3. The molecule has 106 valence electrons. The van der Waals surface area contributed by atoms with E-state index in [2.05, 4.69) is 5.32 Å². The summed E-state index contributed by atoms with van der Waals surface area (Å²) in [4.78, 5) is 0. The Bertz CT molecular complexity index is 596. The zero-order valence-electron chi connectivity index (χ0n) is 11.9. The number of phenolic OH excluding ortho intramolecular Hbond substituents is 1. The summed E-state index contributed by atoms with van der Waals surface area (Å²) >= 11 is 0. The van der Waals surface area contributed by atoms with E-state index in [1.165, 1.54) is 0 Å². The fourth-order valence-electron chi connectivity index (χ4n) is 1.91. The molecule has 0 bridgehead atoms. The number of nitrogens with one attached hydrogen (secondary N) is 1. The van der Waals surface area contributed by atoms with Gasteiger partial charge in [-0.3, -0.25) is 0 Å². The van der Waals surface area contributed by atoms with Gasteiger partial charge in [0, 0.05) is 18.3 Å². The highest BCUT2D eigenvalue weighted by molar-refractivity contribution is 5.52. The van der Waals surface area contributed by atoms with Crippen molar-refractivity contribution in [2.75, 3.05) is 19.5 Å². The van der Waals surface area contributed by atoms with Gasteiger partial charge >= 0.3 is 0 Å². The lowest BCUT2D eigenvalue weighted by Gasteiger charge is -2.11. The van der Waals surface area contributed by atoms with Crippen LogP contribution in [0.2, 0.25) is 0 Å². The Hall–Kier alpha value is -2.36. The first-order chi connectivity index (χ1) is 9.63. The van der Waals surface area contributed by atoms with Gasteiger partial charge in [0.2, 0.25) is 0 Å². The molecule has 0 saturated carbocycles. The van der Waals surface area contributed by atoms with E-state index in [4.69, 9.17) is 9.47 Å². The Morgan fingerprint density at radius 1 is 1.00 bits per heavy atom. The number of aromatic hydroxyl groups is 1. The molecule has 0 saturated heterocycles. The molecular weight excluding hydrogens is 254 g/mol. The van der Waals surface area contributed by atoms with E-state index < -0.39 is 0 Å². The summed E-state index contributed by atoms with van der Waals surface area (Å²) < 4.78 is 10.5. The van der Waals surface area contributed by atoms with Gasteiger partial charge in [0.1, 0.15) is 5.75 Å².